The molecule has 0 amide bonds. The van der Waals surface area contributed by atoms with Gasteiger partial charge in [0.25, 0.3) is 0 Å². The molecule has 19 heavy (non-hydrogen) atoms. The molecule has 1 N–H and O–H groups in total. The molecule has 0 radical (unpaired) electrons. The lowest BCUT2D eigenvalue weighted by molar-refractivity contribution is -0.136. The van der Waals surface area contributed by atoms with Gasteiger partial charge in [-0.3, -0.25) is 4.79 Å². The Labute approximate surface area is 114 Å². The fourth-order valence-corrected chi connectivity index (χ4v) is 2.08. The van der Waals surface area contributed by atoms with Crippen LogP contribution in [0.5, 0.6) is 5.88 Å². The third kappa shape index (κ3) is 3.49. The number of aromatic nitrogens is 2. The molecule has 0 saturated heterocycles. The first-order valence-electron chi connectivity index (χ1n) is 6.56. The summed E-state index contributed by atoms with van der Waals surface area (Å²) in [5.41, 5.74) is 1.69. The van der Waals surface area contributed by atoms with Crippen molar-refractivity contribution in [1.82, 2.24) is 9.78 Å². The van der Waals surface area contributed by atoms with E-state index in [0.29, 0.717) is 12.3 Å². The third-order valence-corrected chi connectivity index (χ3v) is 2.94. The lowest BCUT2D eigenvalue weighted by atomic mass is 9.88. The van der Waals surface area contributed by atoms with Crippen LogP contribution in [0.1, 0.15) is 58.3 Å². The molecule has 0 aromatic carbocycles. The molecule has 5 heteroatoms. The largest absolute Gasteiger partial charge is 0.481 e. The number of hydrogen-bond donors (Lipinski definition) is 1. The second-order valence-corrected chi connectivity index (χ2v) is 6.02. The average molecular weight is 268 g/mol. The SMILES string of the molecule is COc1c(CCC(=O)O)c(C(C)(C)C)nn1C(C)C. The summed E-state index contributed by atoms with van der Waals surface area (Å²) in [5.74, 6) is -0.125. The van der Waals surface area contributed by atoms with E-state index in [0.717, 1.165) is 11.3 Å². The number of carboxylic acids is 1. The van der Waals surface area contributed by atoms with Gasteiger partial charge in [-0.05, 0) is 20.3 Å². The van der Waals surface area contributed by atoms with E-state index < -0.39 is 5.97 Å². The smallest absolute Gasteiger partial charge is 0.303 e. The molecule has 0 spiro atoms. The van der Waals surface area contributed by atoms with Gasteiger partial charge in [-0.15, -0.1) is 0 Å². The maximum Gasteiger partial charge on any atom is 0.303 e. The average Bonchev–Trinajstić information content (AvgIpc) is 2.64. The Morgan fingerprint density at radius 2 is 2.00 bits per heavy atom. The molecule has 1 aromatic heterocycles. The number of methoxy groups -OCH3 is 1. The van der Waals surface area contributed by atoms with Gasteiger partial charge in [0.05, 0.1) is 18.8 Å². The van der Waals surface area contributed by atoms with E-state index in [9.17, 15) is 4.79 Å². The van der Waals surface area contributed by atoms with Crippen molar-refractivity contribution >= 4 is 5.97 Å². The minimum absolute atomic E-state index is 0.0865. The van der Waals surface area contributed by atoms with Crippen LogP contribution >= 0.6 is 0 Å². The topological polar surface area (TPSA) is 64.3 Å². The molecule has 0 aliphatic heterocycles. The van der Waals surface area contributed by atoms with Crippen molar-refractivity contribution in [3.8, 4) is 5.88 Å². The van der Waals surface area contributed by atoms with E-state index in [-0.39, 0.29) is 17.9 Å². The summed E-state index contributed by atoms with van der Waals surface area (Å²) < 4.78 is 7.28. The van der Waals surface area contributed by atoms with Gasteiger partial charge in [0.15, 0.2) is 0 Å². The molecule has 108 valence electrons. The summed E-state index contributed by atoms with van der Waals surface area (Å²) in [6.45, 7) is 10.3. The molecule has 1 aromatic rings. The van der Waals surface area contributed by atoms with Gasteiger partial charge in [-0.2, -0.15) is 5.10 Å². The molecule has 1 rings (SSSR count). The van der Waals surface area contributed by atoms with E-state index in [1.54, 1.807) is 7.11 Å². The van der Waals surface area contributed by atoms with E-state index >= 15 is 0 Å². The summed E-state index contributed by atoms with van der Waals surface area (Å²) in [6, 6.07) is 0.176. The number of aliphatic carboxylic acids is 1. The minimum Gasteiger partial charge on any atom is -0.481 e. The maximum atomic E-state index is 10.8. The van der Waals surface area contributed by atoms with Crippen molar-refractivity contribution in [2.24, 2.45) is 0 Å². The summed E-state index contributed by atoms with van der Waals surface area (Å²) in [7, 11) is 1.60. The predicted molar refractivity (Wildman–Crippen MR) is 73.8 cm³/mol. The van der Waals surface area contributed by atoms with Crippen molar-refractivity contribution in [3.05, 3.63) is 11.3 Å². The summed E-state index contributed by atoms with van der Waals surface area (Å²) >= 11 is 0. The van der Waals surface area contributed by atoms with E-state index in [1.165, 1.54) is 0 Å². The van der Waals surface area contributed by atoms with Crippen LogP contribution < -0.4 is 4.74 Å². The first-order chi connectivity index (χ1) is 8.68. The van der Waals surface area contributed by atoms with Gasteiger partial charge in [0.1, 0.15) is 0 Å². The second-order valence-electron chi connectivity index (χ2n) is 6.02. The zero-order chi connectivity index (χ0) is 14.8. The lowest BCUT2D eigenvalue weighted by Gasteiger charge is -2.17. The number of rotatable bonds is 5. The summed E-state index contributed by atoms with van der Waals surface area (Å²) in [4.78, 5) is 10.8. The van der Waals surface area contributed by atoms with E-state index in [2.05, 4.69) is 25.9 Å². The highest BCUT2D eigenvalue weighted by molar-refractivity contribution is 5.67. The number of carbonyl (C=O) groups is 1. The first-order valence-corrected chi connectivity index (χ1v) is 6.56. The van der Waals surface area contributed by atoms with Crippen molar-refractivity contribution in [1.29, 1.82) is 0 Å². The minimum atomic E-state index is -0.806. The second kappa shape index (κ2) is 5.63. The Morgan fingerprint density at radius 1 is 1.42 bits per heavy atom. The zero-order valence-corrected chi connectivity index (χ0v) is 12.6. The van der Waals surface area contributed by atoms with Crippen LogP contribution in [0.3, 0.4) is 0 Å². The van der Waals surface area contributed by atoms with Crippen molar-refractivity contribution in [2.75, 3.05) is 7.11 Å². The van der Waals surface area contributed by atoms with E-state index in [1.807, 2.05) is 18.5 Å². The van der Waals surface area contributed by atoms with Gasteiger partial charge < -0.3 is 9.84 Å². The van der Waals surface area contributed by atoms with Crippen LogP contribution in [0.2, 0.25) is 0 Å². The number of hydrogen-bond acceptors (Lipinski definition) is 3. The lowest BCUT2D eigenvalue weighted by Crippen LogP contribution is -2.15. The number of ether oxygens (including phenoxy) is 1. The van der Waals surface area contributed by atoms with Crippen LogP contribution in [0.25, 0.3) is 0 Å². The first kappa shape index (κ1) is 15.5. The number of nitrogens with zero attached hydrogens (tertiary/aromatic N) is 2. The summed E-state index contributed by atoms with van der Waals surface area (Å²) in [6.07, 6.45) is 0.529. The van der Waals surface area contributed by atoms with Gasteiger partial charge in [0.2, 0.25) is 5.88 Å². The Bertz CT molecular complexity index is 456. The Balaban J connectivity index is 3.32. The molecular formula is C14H24N2O3. The van der Waals surface area contributed by atoms with Gasteiger partial charge in [-0.1, -0.05) is 20.8 Å². The van der Waals surface area contributed by atoms with Crippen molar-refractivity contribution in [2.45, 2.75) is 58.9 Å². The Hall–Kier alpha value is -1.52. The standard InChI is InChI=1S/C14H24N2O3/c1-9(2)16-13(19-6)10(7-8-11(17)18)12(15-16)14(3,4)5/h9H,7-8H2,1-6H3,(H,17,18). The van der Waals surface area contributed by atoms with E-state index in [4.69, 9.17) is 9.84 Å². The monoisotopic (exact) mass is 268 g/mol. The normalized spacial score (nSPS) is 11.9. The highest BCUT2D eigenvalue weighted by Gasteiger charge is 2.28. The zero-order valence-electron chi connectivity index (χ0n) is 12.6. The van der Waals surface area contributed by atoms with Crippen molar-refractivity contribution in [3.63, 3.8) is 0 Å². The van der Waals surface area contributed by atoms with Gasteiger partial charge in [0, 0.05) is 17.4 Å². The predicted octanol–water partition coefficient (Wildman–Crippen LogP) is 2.79. The molecule has 5 nitrogen and oxygen atoms in total. The Kier molecular flexibility index (Phi) is 4.61. The van der Waals surface area contributed by atoms with Gasteiger partial charge >= 0.3 is 5.97 Å². The molecule has 0 unspecified atom stereocenters. The fraction of sp³-hybridized carbons (Fsp3) is 0.714. The molecular weight excluding hydrogens is 244 g/mol. The molecule has 0 aliphatic rings. The molecule has 1 heterocycles. The number of carboxylic acid groups (broad SMARTS) is 1. The molecule has 0 fully saturated rings. The fourth-order valence-electron chi connectivity index (χ4n) is 2.08. The Morgan fingerprint density at radius 3 is 2.37 bits per heavy atom. The highest BCUT2D eigenvalue weighted by Crippen LogP contribution is 2.34. The van der Waals surface area contributed by atoms with Gasteiger partial charge in [-0.25, -0.2) is 4.68 Å². The molecule has 0 saturated carbocycles. The quantitative estimate of drug-likeness (QED) is 0.891. The van der Waals surface area contributed by atoms with Crippen LogP contribution in [-0.2, 0) is 16.6 Å². The third-order valence-electron chi connectivity index (χ3n) is 2.94. The molecule has 0 atom stereocenters. The highest BCUT2D eigenvalue weighted by atomic mass is 16.5. The van der Waals surface area contributed by atoms with Crippen LogP contribution in [0.15, 0.2) is 0 Å². The molecule has 0 aliphatic carbocycles. The van der Waals surface area contributed by atoms with Crippen molar-refractivity contribution < 1.29 is 14.6 Å². The van der Waals surface area contributed by atoms with Crippen LogP contribution in [0, 0.1) is 0 Å². The molecule has 0 bridgehead atoms. The maximum absolute atomic E-state index is 10.8. The van der Waals surface area contributed by atoms with Crippen LogP contribution in [-0.4, -0.2) is 28.0 Å². The van der Waals surface area contributed by atoms with Crippen LogP contribution in [0.4, 0.5) is 0 Å². The summed E-state index contributed by atoms with van der Waals surface area (Å²) in [5, 5.41) is 13.5.